The van der Waals surface area contributed by atoms with Crippen LogP contribution in [0.1, 0.15) is 16.8 Å². The molecule has 20 heavy (non-hydrogen) atoms. The van der Waals surface area contributed by atoms with Crippen LogP contribution in [0.2, 0.25) is 0 Å². The first-order chi connectivity index (χ1) is 9.65. The SMILES string of the molecule is Cc1ccccc1CNc1cnc2c(c1)c(C)nn2C. The predicted molar refractivity (Wildman–Crippen MR) is 81.8 cm³/mol. The maximum Gasteiger partial charge on any atom is 0.157 e. The van der Waals surface area contributed by atoms with Crippen molar-refractivity contribution < 1.29 is 0 Å². The van der Waals surface area contributed by atoms with Crippen molar-refractivity contribution in [3.8, 4) is 0 Å². The summed E-state index contributed by atoms with van der Waals surface area (Å²) in [6, 6.07) is 10.5. The van der Waals surface area contributed by atoms with E-state index in [1.807, 2.05) is 24.9 Å². The first-order valence-electron chi connectivity index (χ1n) is 6.73. The molecule has 4 heteroatoms. The Bertz CT molecular complexity index is 758. The number of rotatable bonds is 3. The Morgan fingerprint density at radius 2 is 2.00 bits per heavy atom. The van der Waals surface area contributed by atoms with Gasteiger partial charge in [-0.15, -0.1) is 0 Å². The number of hydrogen-bond acceptors (Lipinski definition) is 3. The minimum atomic E-state index is 0.805. The molecule has 3 rings (SSSR count). The molecule has 3 aromatic rings. The van der Waals surface area contributed by atoms with Gasteiger partial charge in [0.15, 0.2) is 5.65 Å². The molecule has 0 radical (unpaired) electrons. The van der Waals surface area contributed by atoms with E-state index in [1.54, 1.807) is 0 Å². The van der Waals surface area contributed by atoms with Gasteiger partial charge in [-0.2, -0.15) is 5.10 Å². The maximum absolute atomic E-state index is 4.47. The lowest BCUT2D eigenvalue weighted by molar-refractivity contribution is 0.774. The molecule has 0 aliphatic rings. The van der Waals surface area contributed by atoms with E-state index in [9.17, 15) is 0 Å². The van der Waals surface area contributed by atoms with Crippen LogP contribution in [-0.4, -0.2) is 14.8 Å². The summed E-state index contributed by atoms with van der Waals surface area (Å²) in [5, 5.41) is 8.92. The average Bonchev–Trinajstić information content (AvgIpc) is 2.73. The topological polar surface area (TPSA) is 42.7 Å². The second-order valence-corrected chi connectivity index (χ2v) is 5.08. The van der Waals surface area contributed by atoms with Crippen molar-refractivity contribution >= 4 is 16.7 Å². The Balaban J connectivity index is 1.85. The summed E-state index contributed by atoms with van der Waals surface area (Å²) in [5.74, 6) is 0. The van der Waals surface area contributed by atoms with Crippen LogP contribution >= 0.6 is 0 Å². The molecule has 1 N–H and O–H groups in total. The van der Waals surface area contributed by atoms with Crippen molar-refractivity contribution in [2.45, 2.75) is 20.4 Å². The zero-order chi connectivity index (χ0) is 14.1. The highest BCUT2D eigenvalue weighted by molar-refractivity contribution is 5.81. The van der Waals surface area contributed by atoms with Gasteiger partial charge in [0, 0.05) is 19.0 Å². The van der Waals surface area contributed by atoms with Crippen LogP contribution in [0.4, 0.5) is 5.69 Å². The van der Waals surface area contributed by atoms with Gasteiger partial charge in [0.1, 0.15) is 0 Å². The van der Waals surface area contributed by atoms with Crippen molar-refractivity contribution in [3.63, 3.8) is 0 Å². The molecule has 4 nitrogen and oxygen atoms in total. The van der Waals surface area contributed by atoms with E-state index in [0.29, 0.717) is 0 Å². The highest BCUT2D eigenvalue weighted by Crippen LogP contribution is 2.20. The van der Waals surface area contributed by atoms with Crippen molar-refractivity contribution in [2.75, 3.05) is 5.32 Å². The van der Waals surface area contributed by atoms with Gasteiger partial charge < -0.3 is 5.32 Å². The van der Waals surface area contributed by atoms with E-state index >= 15 is 0 Å². The lowest BCUT2D eigenvalue weighted by Gasteiger charge is -2.08. The van der Waals surface area contributed by atoms with Crippen LogP contribution in [0.25, 0.3) is 11.0 Å². The van der Waals surface area contributed by atoms with Crippen LogP contribution in [0.15, 0.2) is 36.5 Å². The van der Waals surface area contributed by atoms with E-state index < -0.39 is 0 Å². The first kappa shape index (κ1) is 12.7. The molecule has 0 fully saturated rings. The Kier molecular flexibility index (Phi) is 3.14. The minimum Gasteiger partial charge on any atom is -0.380 e. The van der Waals surface area contributed by atoms with E-state index in [4.69, 9.17) is 0 Å². The molecule has 0 unspecified atom stereocenters. The lowest BCUT2D eigenvalue weighted by Crippen LogP contribution is -2.01. The van der Waals surface area contributed by atoms with Gasteiger partial charge in [-0.05, 0) is 31.0 Å². The molecule has 102 valence electrons. The molecule has 2 heterocycles. The number of aryl methyl sites for hydroxylation is 3. The molecular weight excluding hydrogens is 248 g/mol. The standard InChI is InChI=1S/C16H18N4/c1-11-6-4-5-7-13(11)9-17-14-8-15-12(2)19-20(3)16(15)18-10-14/h4-8,10,17H,9H2,1-3H3. The van der Waals surface area contributed by atoms with Gasteiger partial charge in [-0.3, -0.25) is 4.68 Å². The largest absolute Gasteiger partial charge is 0.380 e. The second-order valence-electron chi connectivity index (χ2n) is 5.08. The van der Waals surface area contributed by atoms with Gasteiger partial charge in [-0.25, -0.2) is 4.98 Å². The molecular formula is C16H18N4. The van der Waals surface area contributed by atoms with Crippen LogP contribution in [0, 0.1) is 13.8 Å². The highest BCUT2D eigenvalue weighted by Gasteiger charge is 2.07. The molecule has 0 spiro atoms. The quantitative estimate of drug-likeness (QED) is 0.791. The van der Waals surface area contributed by atoms with Crippen molar-refractivity contribution in [3.05, 3.63) is 53.3 Å². The highest BCUT2D eigenvalue weighted by atomic mass is 15.3. The van der Waals surface area contributed by atoms with Crippen molar-refractivity contribution in [1.82, 2.24) is 14.8 Å². The van der Waals surface area contributed by atoms with E-state index in [0.717, 1.165) is 29.0 Å². The predicted octanol–water partition coefficient (Wildman–Crippen LogP) is 3.20. The number of nitrogens with zero attached hydrogens (tertiary/aromatic N) is 3. The van der Waals surface area contributed by atoms with E-state index in [1.165, 1.54) is 11.1 Å². The molecule has 0 bridgehead atoms. The summed E-state index contributed by atoms with van der Waals surface area (Å²) in [7, 11) is 1.92. The average molecular weight is 266 g/mol. The number of anilines is 1. The smallest absolute Gasteiger partial charge is 0.157 e. The molecule has 2 aromatic heterocycles. The zero-order valence-electron chi connectivity index (χ0n) is 12.0. The number of aromatic nitrogens is 3. The third-order valence-corrected chi connectivity index (χ3v) is 3.61. The number of fused-ring (bicyclic) bond motifs is 1. The van der Waals surface area contributed by atoms with Crippen LogP contribution in [-0.2, 0) is 13.6 Å². The number of nitrogens with one attached hydrogen (secondary N) is 1. The summed E-state index contributed by atoms with van der Waals surface area (Å²) in [5.41, 5.74) is 5.55. The maximum atomic E-state index is 4.47. The first-order valence-corrected chi connectivity index (χ1v) is 6.73. The Labute approximate surface area is 118 Å². The Morgan fingerprint density at radius 1 is 1.20 bits per heavy atom. The van der Waals surface area contributed by atoms with Gasteiger partial charge in [0.25, 0.3) is 0 Å². The van der Waals surface area contributed by atoms with Gasteiger partial charge in [0.2, 0.25) is 0 Å². The summed E-state index contributed by atoms with van der Waals surface area (Å²) in [4.78, 5) is 4.47. The number of benzene rings is 1. The van der Waals surface area contributed by atoms with Crippen LogP contribution in [0.5, 0.6) is 0 Å². The van der Waals surface area contributed by atoms with Gasteiger partial charge in [0.05, 0.1) is 17.6 Å². The number of hydrogen-bond donors (Lipinski definition) is 1. The zero-order valence-corrected chi connectivity index (χ0v) is 12.0. The number of pyridine rings is 1. The molecule has 0 saturated carbocycles. The third-order valence-electron chi connectivity index (χ3n) is 3.61. The van der Waals surface area contributed by atoms with Crippen LogP contribution in [0.3, 0.4) is 0 Å². The fourth-order valence-electron chi connectivity index (χ4n) is 2.41. The van der Waals surface area contributed by atoms with Crippen molar-refractivity contribution in [1.29, 1.82) is 0 Å². The Hall–Kier alpha value is -2.36. The molecule has 0 atom stereocenters. The summed E-state index contributed by atoms with van der Waals surface area (Å²) in [6.07, 6.45) is 1.86. The molecule has 0 aliphatic heterocycles. The van der Waals surface area contributed by atoms with Gasteiger partial charge in [-0.1, -0.05) is 24.3 Å². The summed E-state index contributed by atoms with van der Waals surface area (Å²) < 4.78 is 1.82. The van der Waals surface area contributed by atoms with Crippen molar-refractivity contribution in [2.24, 2.45) is 7.05 Å². The minimum absolute atomic E-state index is 0.805. The van der Waals surface area contributed by atoms with E-state index in [2.05, 4.69) is 52.7 Å². The van der Waals surface area contributed by atoms with Crippen LogP contribution < -0.4 is 5.32 Å². The fourth-order valence-corrected chi connectivity index (χ4v) is 2.41. The third kappa shape index (κ3) is 2.25. The molecule has 0 aliphatic carbocycles. The second kappa shape index (κ2) is 4.96. The van der Waals surface area contributed by atoms with Gasteiger partial charge >= 0.3 is 0 Å². The monoisotopic (exact) mass is 266 g/mol. The molecule has 0 amide bonds. The molecule has 0 saturated heterocycles. The fraction of sp³-hybridized carbons (Fsp3) is 0.250. The summed E-state index contributed by atoms with van der Waals surface area (Å²) in [6.45, 7) is 4.94. The Morgan fingerprint density at radius 3 is 2.80 bits per heavy atom. The molecule has 1 aromatic carbocycles. The normalized spacial score (nSPS) is 10.9. The lowest BCUT2D eigenvalue weighted by atomic mass is 10.1. The van der Waals surface area contributed by atoms with E-state index in [-0.39, 0.29) is 0 Å². The summed E-state index contributed by atoms with van der Waals surface area (Å²) >= 11 is 0.